The lowest BCUT2D eigenvalue weighted by atomic mass is 10.1. The van der Waals surface area contributed by atoms with Gasteiger partial charge in [-0.05, 0) is 35.7 Å². The maximum absolute atomic E-state index is 5.19. The highest BCUT2D eigenvalue weighted by Crippen LogP contribution is 2.38. The third kappa shape index (κ3) is 3.51. The van der Waals surface area contributed by atoms with Crippen LogP contribution in [0.25, 0.3) is 81.5 Å². The molecule has 0 spiro atoms. The fourth-order valence-corrected chi connectivity index (χ4v) is 7.20. The molecule has 3 heterocycles. The van der Waals surface area contributed by atoms with Gasteiger partial charge < -0.3 is 0 Å². The third-order valence-corrected chi connectivity index (χ3v) is 9.20. The van der Waals surface area contributed by atoms with E-state index in [0.717, 1.165) is 22.2 Å². The molecule has 0 N–H and O–H groups in total. The van der Waals surface area contributed by atoms with Crippen molar-refractivity contribution in [3.05, 3.63) is 133 Å². The summed E-state index contributed by atoms with van der Waals surface area (Å²) in [6.45, 7) is 0. The van der Waals surface area contributed by atoms with Crippen LogP contribution in [-0.4, -0.2) is 19.5 Å². The van der Waals surface area contributed by atoms with Crippen LogP contribution in [0.4, 0.5) is 0 Å². The normalized spacial score (nSPS) is 11.8. The Balaban J connectivity index is 1.38. The largest absolute Gasteiger partial charge is 0.277 e. The Morgan fingerprint density at radius 1 is 0.452 bits per heavy atom. The average Bonchev–Trinajstić information content (AvgIpc) is 3.61. The SMILES string of the molecule is c1ccc(-c2nc(-c3ccc4sc5ccccc5c4c3)nc(-n3c4ccccc4c4ccc5ccccc5c43)n2)cc1. The molecule has 0 unspecified atom stereocenters. The Bertz CT molecular complexity index is 2470. The number of hydrogen-bond acceptors (Lipinski definition) is 4. The predicted octanol–water partition coefficient (Wildman–Crippen LogP) is 9.82. The van der Waals surface area contributed by atoms with Crippen LogP contribution >= 0.6 is 11.3 Å². The zero-order valence-electron chi connectivity index (χ0n) is 22.4. The molecule has 6 aromatic carbocycles. The second-order valence-corrected chi connectivity index (χ2v) is 11.6. The fourth-order valence-electron chi connectivity index (χ4n) is 6.11. The summed E-state index contributed by atoms with van der Waals surface area (Å²) in [6, 6.07) is 46.7. The lowest BCUT2D eigenvalue weighted by Crippen LogP contribution is -2.06. The summed E-state index contributed by atoms with van der Waals surface area (Å²) in [7, 11) is 0. The molecule has 0 saturated carbocycles. The molecule has 0 radical (unpaired) electrons. The van der Waals surface area contributed by atoms with Gasteiger partial charge in [0.25, 0.3) is 0 Å². The van der Waals surface area contributed by atoms with E-state index in [2.05, 4.69) is 120 Å². The summed E-state index contributed by atoms with van der Waals surface area (Å²) in [5, 5.41) is 7.18. The van der Waals surface area contributed by atoms with Gasteiger partial charge in [0.2, 0.25) is 5.95 Å². The van der Waals surface area contributed by atoms with Crippen molar-refractivity contribution in [2.45, 2.75) is 0 Å². The highest BCUT2D eigenvalue weighted by molar-refractivity contribution is 7.25. The van der Waals surface area contributed by atoms with E-state index in [1.54, 1.807) is 0 Å². The molecule has 42 heavy (non-hydrogen) atoms. The second kappa shape index (κ2) is 9.06. The molecule has 0 atom stereocenters. The fraction of sp³-hybridized carbons (Fsp3) is 0. The van der Waals surface area contributed by atoms with E-state index in [1.165, 1.54) is 41.7 Å². The van der Waals surface area contributed by atoms with Crippen LogP contribution in [0.2, 0.25) is 0 Å². The van der Waals surface area contributed by atoms with E-state index >= 15 is 0 Å². The average molecular weight is 555 g/mol. The van der Waals surface area contributed by atoms with Crippen molar-refractivity contribution in [3.63, 3.8) is 0 Å². The first-order valence-electron chi connectivity index (χ1n) is 14.0. The Morgan fingerprint density at radius 2 is 1.14 bits per heavy atom. The molecule has 0 fully saturated rings. The van der Waals surface area contributed by atoms with Gasteiger partial charge in [-0.25, -0.2) is 4.98 Å². The van der Waals surface area contributed by atoms with Gasteiger partial charge in [-0.3, -0.25) is 4.57 Å². The summed E-state index contributed by atoms with van der Waals surface area (Å²) >= 11 is 1.81. The summed E-state index contributed by atoms with van der Waals surface area (Å²) in [6.07, 6.45) is 0. The maximum atomic E-state index is 5.19. The number of hydrogen-bond donors (Lipinski definition) is 0. The smallest absolute Gasteiger partial charge is 0.238 e. The lowest BCUT2D eigenvalue weighted by molar-refractivity contribution is 0.955. The Hall–Kier alpha value is -5.39. The molecule has 0 bridgehead atoms. The second-order valence-electron chi connectivity index (χ2n) is 10.5. The highest BCUT2D eigenvalue weighted by Gasteiger charge is 2.19. The molecule has 0 aliphatic carbocycles. The molecule has 5 heteroatoms. The Morgan fingerprint density at radius 3 is 2.02 bits per heavy atom. The minimum absolute atomic E-state index is 0.608. The number of nitrogens with zero attached hydrogens (tertiary/aromatic N) is 4. The number of rotatable bonds is 3. The van der Waals surface area contributed by atoms with Crippen molar-refractivity contribution in [1.29, 1.82) is 0 Å². The van der Waals surface area contributed by atoms with Gasteiger partial charge in [0.15, 0.2) is 11.6 Å². The zero-order chi connectivity index (χ0) is 27.6. The van der Waals surface area contributed by atoms with Gasteiger partial charge in [0.05, 0.1) is 11.0 Å². The van der Waals surface area contributed by atoms with Gasteiger partial charge >= 0.3 is 0 Å². The van der Waals surface area contributed by atoms with E-state index in [9.17, 15) is 0 Å². The standard InChI is InChI=1S/C37H22N4S/c1-2-11-24(12-3-1)35-38-36(25-19-21-33-30(22-25)28-15-7-9-17-32(28)42-33)40-37(39-35)41-31-16-8-6-14-27(31)29-20-18-23-10-4-5-13-26(23)34(29)41/h1-22H. The molecule has 0 saturated heterocycles. The number of para-hydroxylation sites is 1. The first-order chi connectivity index (χ1) is 20.8. The highest BCUT2D eigenvalue weighted by atomic mass is 32.1. The van der Waals surface area contributed by atoms with Gasteiger partial charge in [-0.15, -0.1) is 11.3 Å². The quantitative estimate of drug-likeness (QED) is 0.218. The van der Waals surface area contributed by atoms with Crippen molar-refractivity contribution >= 4 is 64.1 Å². The van der Waals surface area contributed by atoms with Crippen molar-refractivity contribution in [2.75, 3.05) is 0 Å². The molecular weight excluding hydrogens is 533 g/mol. The molecule has 0 aliphatic rings. The maximum Gasteiger partial charge on any atom is 0.238 e. The summed E-state index contributed by atoms with van der Waals surface area (Å²) in [5.74, 6) is 1.91. The molecule has 0 aliphatic heterocycles. The molecule has 0 amide bonds. The van der Waals surface area contributed by atoms with E-state index in [0.29, 0.717) is 17.6 Å². The third-order valence-electron chi connectivity index (χ3n) is 8.05. The van der Waals surface area contributed by atoms with Gasteiger partial charge in [0, 0.05) is 47.5 Å². The van der Waals surface area contributed by atoms with E-state index < -0.39 is 0 Å². The van der Waals surface area contributed by atoms with Crippen LogP contribution in [0.15, 0.2) is 133 Å². The van der Waals surface area contributed by atoms with Crippen molar-refractivity contribution < 1.29 is 0 Å². The van der Waals surface area contributed by atoms with Crippen molar-refractivity contribution in [1.82, 2.24) is 19.5 Å². The van der Waals surface area contributed by atoms with Crippen LogP contribution in [0.1, 0.15) is 0 Å². The minimum atomic E-state index is 0.608. The molecular formula is C37H22N4S. The minimum Gasteiger partial charge on any atom is -0.277 e. The number of benzene rings is 6. The van der Waals surface area contributed by atoms with Gasteiger partial charge in [0.1, 0.15) is 0 Å². The van der Waals surface area contributed by atoms with Gasteiger partial charge in [-0.2, -0.15) is 9.97 Å². The molecule has 9 aromatic rings. The molecule has 9 rings (SSSR count). The zero-order valence-corrected chi connectivity index (χ0v) is 23.2. The summed E-state index contributed by atoms with van der Waals surface area (Å²) in [5.41, 5.74) is 4.09. The summed E-state index contributed by atoms with van der Waals surface area (Å²) < 4.78 is 4.75. The Kier molecular flexibility index (Phi) is 5.03. The number of thiophene rings is 1. The molecule has 196 valence electrons. The number of aromatic nitrogens is 4. The molecule has 4 nitrogen and oxygen atoms in total. The van der Waals surface area contributed by atoms with Crippen LogP contribution in [0.3, 0.4) is 0 Å². The van der Waals surface area contributed by atoms with Crippen LogP contribution in [0, 0.1) is 0 Å². The first kappa shape index (κ1) is 23.3. The van der Waals surface area contributed by atoms with E-state index in [4.69, 9.17) is 15.0 Å². The predicted molar refractivity (Wildman–Crippen MR) is 175 cm³/mol. The van der Waals surface area contributed by atoms with Gasteiger partial charge in [-0.1, -0.05) is 103 Å². The van der Waals surface area contributed by atoms with E-state index in [-0.39, 0.29) is 0 Å². The topological polar surface area (TPSA) is 43.6 Å². The molecule has 3 aromatic heterocycles. The number of fused-ring (bicyclic) bond motifs is 8. The first-order valence-corrected chi connectivity index (χ1v) is 14.8. The van der Waals surface area contributed by atoms with Crippen LogP contribution in [-0.2, 0) is 0 Å². The van der Waals surface area contributed by atoms with Crippen molar-refractivity contribution in [3.8, 4) is 28.7 Å². The van der Waals surface area contributed by atoms with Crippen LogP contribution in [0.5, 0.6) is 0 Å². The van der Waals surface area contributed by atoms with E-state index in [1.807, 2.05) is 29.5 Å². The summed E-state index contributed by atoms with van der Waals surface area (Å²) in [4.78, 5) is 15.4. The monoisotopic (exact) mass is 554 g/mol. The Labute approximate surface area is 245 Å². The lowest BCUT2D eigenvalue weighted by Gasteiger charge is -2.12. The van der Waals surface area contributed by atoms with Crippen LogP contribution < -0.4 is 0 Å². The van der Waals surface area contributed by atoms with Crippen molar-refractivity contribution in [2.24, 2.45) is 0 Å².